The Kier molecular flexibility index (Phi) is 9.33. The summed E-state index contributed by atoms with van der Waals surface area (Å²) in [5, 5.41) is 0. The normalized spacial score (nSPS) is 8.74. The van der Waals surface area contributed by atoms with Gasteiger partial charge in [-0.05, 0) is 36.6 Å². The Morgan fingerprint density at radius 1 is 0.789 bits per heavy atom. The highest BCUT2D eigenvalue weighted by molar-refractivity contribution is 5.16. The fourth-order valence-corrected chi connectivity index (χ4v) is 1.34. The minimum absolute atomic E-state index is 0.0972. The summed E-state index contributed by atoms with van der Waals surface area (Å²) in [5.74, 6) is -0.229. The fraction of sp³-hybridized carbons (Fsp3) is 0.294. The summed E-state index contributed by atoms with van der Waals surface area (Å²) in [6, 6.07) is 13.5. The first-order valence-corrected chi connectivity index (χ1v) is 6.59. The van der Waals surface area contributed by atoms with Crippen molar-refractivity contribution in [2.45, 2.75) is 34.1 Å². The van der Waals surface area contributed by atoms with E-state index in [0.717, 1.165) is 12.0 Å². The molecule has 0 bridgehead atoms. The molecule has 2 heteroatoms. The molecule has 0 atom stereocenters. The van der Waals surface area contributed by atoms with Gasteiger partial charge < -0.3 is 0 Å². The van der Waals surface area contributed by atoms with E-state index in [1.807, 2.05) is 32.9 Å². The van der Waals surface area contributed by atoms with Crippen molar-refractivity contribution in [3.05, 3.63) is 71.3 Å². The van der Waals surface area contributed by atoms with E-state index in [1.54, 1.807) is 31.2 Å². The van der Waals surface area contributed by atoms with Crippen LogP contribution in [0.4, 0.5) is 8.78 Å². The summed E-state index contributed by atoms with van der Waals surface area (Å²) in [5.41, 5.74) is 1.49. The Morgan fingerprint density at radius 3 is 1.58 bits per heavy atom. The SMILES string of the molecule is CC.CCc1ccccc1F.Cc1ccccc1F. The van der Waals surface area contributed by atoms with Crippen LogP contribution in [0.5, 0.6) is 0 Å². The van der Waals surface area contributed by atoms with Gasteiger partial charge in [0.05, 0.1) is 0 Å². The first-order valence-electron chi connectivity index (χ1n) is 6.59. The van der Waals surface area contributed by atoms with Crippen LogP contribution in [0, 0.1) is 18.6 Å². The second-order valence-corrected chi connectivity index (χ2v) is 3.69. The van der Waals surface area contributed by atoms with E-state index in [-0.39, 0.29) is 11.6 Å². The van der Waals surface area contributed by atoms with Crippen molar-refractivity contribution >= 4 is 0 Å². The highest BCUT2D eigenvalue weighted by atomic mass is 19.1. The van der Waals surface area contributed by atoms with Crippen molar-refractivity contribution < 1.29 is 8.78 Å². The van der Waals surface area contributed by atoms with Gasteiger partial charge in [0.1, 0.15) is 11.6 Å². The van der Waals surface area contributed by atoms with Crippen LogP contribution in [0.1, 0.15) is 31.9 Å². The molecule has 0 heterocycles. The molecule has 0 saturated heterocycles. The van der Waals surface area contributed by atoms with Gasteiger partial charge in [0.15, 0.2) is 0 Å². The van der Waals surface area contributed by atoms with Gasteiger partial charge in [0.25, 0.3) is 0 Å². The molecular formula is C17H22F2. The lowest BCUT2D eigenvalue weighted by molar-refractivity contribution is 0.612. The minimum atomic E-state index is -0.132. The van der Waals surface area contributed by atoms with Crippen LogP contribution in [0.25, 0.3) is 0 Å². The quantitative estimate of drug-likeness (QED) is 0.633. The van der Waals surface area contributed by atoms with E-state index < -0.39 is 0 Å². The van der Waals surface area contributed by atoms with Crippen LogP contribution in [-0.2, 0) is 6.42 Å². The van der Waals surface area contributed by atoms with Gasteiger partial charge in [-0.15, -0.1) is 0 Å². The molecule has 0 aromatic heterocycles. The number of hydrogen-bond acceptors (Lipinski definition) is 0. The third-order valence-corrected chi connectivity index (χ3v) is 2.42. The van der Waals surface area contributed by atoms with Crippen molar-refractivity contribution in [3.63, 3.8) is 0 Å². The van der Waals surface area contributed by atoms with Crippen molar-refractivity contribution in [1.29, 1.82) is 0 Å². The molecule has 0 aliphatic carbocycles. The maximum absolute atomic E-state index is 12.6. The van der Waals surface area contributed by atoms with Crippen molar-refractivity contribution in [2.24, 2.45) is 0 Å². The zero-order valence-electron chi connectivity index (χ0n) is 12.1. The summed E-state index contributed by atoms with van der Waals surface area (Å²) in [4.78, 5) is 0. The van der Waals surface area contributed by atoms with E-state index in [2.05, 4.69) is 0 Å². The minimum Gasteiger partial charge on any atom is -0.207 e. The third-order valence-electron chi connectivity index (χ3n) is 2.42. The molecule has 19 heavy (non-hydrogen) atoms. The van der Waals surface area contributed by atoms with E-state index in [0.29, 0.717) is 5.56 Å². The van der Waals surface area contributed by atoms with Crippen LogP contribution in [-0.4, -0.2) is 0 Å². The number of hydrogen-bond donors (Lipinski definition) is 0. The largest absolute Gasteiger partial charge is 0.207 e. The highest BCUT2D eigenvalue weighted by Gasteiger charge is 1.93. The lowest BCUT2D eigenvalue weighted by atomic mass is 10.2. The van der Waals surface area contributed by atoms with Crippen molar-refractivity contribution in [1.82, 2.24) is 0 Å². The second-order valence-electron chi connectivity index (χ2n) is 3.69. The Labute approximate surface area is 115 Å². The molecule has 2 aromatic rings. The van der Waals surface area contributed by atoms with Crippen LogP contribution in [0.2, 0.25) is 0 Å². The van der Waals surface area contributed by atoms with Gasteiger partial charge in [-0.1, -0.05) is 57.2 Å². The molecule has 0 N–H and O–H groups in total. The first kappa shape index (κ1) is 17.3. The number of aryl methyl sites for hydroxylation is 2. The number of halogens is 2. The maximum Gasteiger partial charge on any atom is 0.126 e. The van der Waals surface area contributed by atoms with Crippen LogP contribution >= 0.6 is 0 Å². The van der Waals surface area contributed by atoms with Gasteiger partial charge in [-0.3, -0.25) is 0 Å². The molecule has 0 aliphatic heterocycles. The summed E-state index contributed by atoms with van der Waals surface area (Å²) < 4.78 is 24.9. The zero-order chi connectivity index (χ0) is 14.7. The van der Waals surface area contributed by atoms with Gasteiger partial charge in [0, 0.05) is 0 Å². The maximum atomic E-state index is 12.6. The molecular weight excluding hydrogens is 242 g/mol. The van der Waals surface area contributed by atoms with E-state index in [1.165, 1.54) is 12.1 Å². The molecule has 2 rings (SSSR count). The Bertz CT molecular complexity index is 443. The molecule has 0 spiro atoms. The molecule has 0 fully saturated rings. The van der Waals surface area contributed by atoms with Crippen molar-refractivity contribution in [3.8, 4) is 0 Å². The zero-order valence-corrected chi connectivity index (χ0v) is 12.1. The Balaban J connectivity index is 0.000000303. The van der Waals surface area contributed by atoms with Crippen molar-refractivity contribution in [2.75, 3.05) is 0 Å². The molecule has 0 nitrogen and oxygen atoms in total. The van der Waals surface area contributed by atoms with Crippen LogP contribution in [0.15, 0.2) is 48.5 Å². The molecule has 0 saturated carbocycles. The standard InChI is InChI=1S/C8H9F.C7H7F.C2H6/c1-2-7-5-3-4-6-8(7)9;1-6-4-2-3-5-7(6)8;1-2/h3-6H,2H2,1H3;2-5H,1H3;1-2H3. The smallest absolute Gasteiger partial charge is 0.126 e. The van der Waals surface area contributed by atoms with Crippen LogP contribution < -0.4 is 0 Å². The summed E-state index contributed by atoms with van der Waals surface area (Å²) in [7, 11) is 0. The fourth-order valence-electron chi connectivity index (χ4n) is 1.34. The highest BCUT2D eigenvalue weighted by Crippen LogP contribution is 2.05. The van der Waals surface area contributed by atoms with Gasteiger partial charge in [0.2, 0.25) is 0 Å². The molecule has 0 aliphatic rings. The predicted molar refractivity (Wildman–Crippen MR) is 78.3 cm³/mol. The topological polar surface area (TPSA) is 0 Å². The van der Waals surface area contributed by atoms with Gasteiger partial charge in [-0.25, -0.2) is 8.78 Å². The predicted octanol–water partition coefficient (Wildman–Crippen LogP) is 5.55. The lowest BCUT2D eigenvalue weighted by Crippen LogP contribution is -1.83. The summed E-state index contributed by atoms with van der Waals surface area (Å²) in [6.45, 7) is 7.69. The molecule has 0 radical (unpaired) electrons. The summed E-state index contributed by atoms with van der Waals surface area (Å²) in [6.07, 6.45) is 0.771. The van der Waals surface area contributed by atoms with E-state index in [4.69, 9.17) is 0 Å². The van der Waals surface area contributed by atoms with Gasteiger partial charge >= 0.3 is 0 Å². The summed E-state index contributed by atoms with van der Waals surface area (Å²) >= 11 is 0. The molecule has 2 aromatic carbocycles. The van der Waals surface area contributed by atoms with E-state index in [9.17, 15) is 8.78 Å². The Morgan fingerprint density at radius 2 is 1.26 bits per heavy atom. The molecule has 0 unspecified atom stereocenters. The monoisotopic (exact) mass is 264 g/mol. The second kappa shape index (κ2) is 10.2. The molecule has 0 amide bonds. The first-order chi connectivity index (χ1) is 9.15. The molecule has 104 valence electrons. The van der Waals surface area contributed by atoms with Crippen LogP contribution in [0.3, 0.4) is 0 Å². The van der Waals surface area contributed by atoms with Gasteiger partial charge in [-0.2, -0.15) is 0 Å². The van der Waals surface area contributed by atoms with E-state index >= 15 is 0 Å². The lowest BCUT2D eigenvalue weighted by Gasteiger charge is -1.94. The Hall–Kier alpha value is -1.70. The average Bonchev–Trinajstić information content (AvgIpc) is 2.46. The third kappa shape index (κ3) is 6.70. The number of rotatable bonds is 1. The average molecular weight is 264 g/mol. The number of benzene rings is 2.